The van der Waals surface area contributed by atoms with E-state index in [1.807, 2.05) is 11.9 Å². The highest BCUT2D eigenvalue weighted by Gasteiger charge is 2.12. The zero-order chi connectivity index (χ0) is 12.1. The summed E-state index contributed by atoms with van der Waals surface area (Å²) in [5.41, 5.74) is 6.64. The first-order valence-corrected chi connectivity index (χ1v) is 5.16. The maximum absolute atomic E-state index is 11.3. The molecule has 0 aromatic carbocycles. The van der Waals surface area contributed by atoms with Crippen molar-refractivity contribution in [2.75, 3.05) is 31.3 Å². The summed E-state index contributed by atoms with van der Waals surface area (Å²) in [7, 11) is 3.22. The number of methoxy groups -OCH3 is 1. The van der Waals surface area contributed by atoms with Crippen molar-refractivity contribution in [2.45, 2.75) is 13.3 Å². The molecule has 0 spiro atoms. The van der Waals surface area contributed by atoms with Gasteiger partial charge >= 0.3 is 5.97 Å². The van der Waals surface area contributed by atoms with Crippen molar-refractivity contribution in [1.29, 1.82) is 0 Å². The van der Waals surface area contributed by atoms with Crippen molar-refractivity contribution in [3.05, 3.63) is 17.8 Å². The molecule has 0 saturated carbocycles. The van der Waals surface area contributed by atoms with Crippen LogP contribution < -0.4 is 10.6 Å². The number of nitrogens with zero attached hydrogens (tertiary/aromatic N) is 2. The fourth-order valence-electron chi connectivity index (χ4n) is 1.42. The number of ether oxygens (including phenoxy) is 1. The predicted molar refractivity (Wildman–Crippen MR) is 63.5 cm³/mol. The van der Waals surface area contributed by atoms with Crippen molar-refractivity contribution < 1.29 is 9.53 Å². The first-order valence-electron chi connectivity index (χ1n) is 5.16. The molecule has 1 aromatic heterocycles. The van der Waals surface area contributed by atoms with Crippen molar-refractivity contribution >= 4 is 17.5 Å². The molecule has 1 rings (SSSR count). The van der Waals surface area contributed by atoms with Crippen LogP contribution in [0.2, 0.25) is 0 Å². The number of hydrogen-bond acceptors (Lipinski definition) is 5. The number of aromatic nitrogens is 1. The minimum atomic E-state index is -0.453. The molecular weight excluding hydrogens is 206 g/mol. The van der Waals surface area contributed by atoms with Gasteiger partial charge in [-0.15, -0.1) is 0 Å². The topological polar surface area (TPSA) is 68.5 Å². The highest BCUT2D eigenvalue weighted by molar-refractivity contribution is 5.88. The van der Waals surface area contributed by atoms with E-state index in [-0.39, 0.29) is 5.69 Å². The highest BCUT2D eigenvalue weighted by Crippen LogP contribution is 2.19. The maximum atomic E-state index is 11.3. The first kappa shape index (κ1) is 12.3. The Kier molecular flexibility index (Phi) is 4.10. The molecule has 5 nitrogen and oxygen atoms in total. The summed E-state index contributed by atoms with van der Waals surface area (Å²) in [6, 6.07) is 3.23. The van der Waals surface area contributed by atoms with Crippen LogP contribution in [0.1, 0.15) is 23.8 Å². The molecule has 0 radical (unpaired) electrons. The van der Waals surface area contributed by atoms with Crippen molar-refractivity contribution in [3.8, 4) is 0 Å². The van der Waals surface area contributed by atoms with Gasteiger partial charge < -0.3 is 15.4 Å². The van der Waals surface area contributed by atoms with E-state index in [1.54, 1.807) is 12.1 Å². The molecule has 0 aliphatic heterocycles. The normalized spacial score (nSPS) is 9.94. The summed E-state index contributed by atoms with van der Waals surface area (Å²) in [5, 5.41) is 0. The number of carbonyl (C=O) groups is 1. The Morgan fingerprint density at radius 3 is 2.81 bits per heavy atom. The van der Waals surface area contributed by atoms with Crippen LogP contribution in [0.4, 0.5) is 11.5 Å². The molecule has 0 atom stereocenters. The molecule has 0 aliphatic rings. The second kappa shape index (κ2) is 5.34. The lowest BCUT2D eigenvalue weighted by Gasteiger charge is -2.19. The van der Waals surface area contributed by atoms with E-state index in [0.29, 0.717) is 11.5 Å². The average molecular weight is 223 g/mol. The van der Waals surface area contributed by atoms with E-state index in [1.165, 1.54) is 7.11 Å². The van der Waals surface area contributed by atoms with E-state index < -0.39 is 5.97 Å². The van der Waals surface area contributed by atoms with Gasteiger partial charge in [-0.3, -0.25) is 0 Å². The van der Waals surface area contributed by atoms with E-state index in [9.17, 15) is 4.79 Å². The minimum absolute atomic E-state index is 0.273. The SMILES string of the molecule is CCCN(C)c1nc(C(=O)OC)ccc1N. The van der Waals surface area contributed by atoms with Crippen molar-refractivity contribution in [2.24, 2.45) is 0 Å². The molecule has 0 aliphatic carbocycles. The van der Waals surface area contributed by atoms with Gasteiger partial charge in [-0.1, -0.05) is 6.92 Å². The Morgan fingerprint density at radius 2 is 2.25 bits per heavy atom. The Balaban J connectivity index is 3.03. The van der Waals surface area contributed by atoms with Crippen molar-refractivity contribution in [1.82, 2.24) is 4.98 Å². The lowest BCUT2D eigenvalue weighted by atomic mass is 10.3. The summed E-state index contributed by atoms with van der Waals surface area (Å²) in [5.74, 6) is 0.163. The van der Waals surface area contributed by atoms with Gasteiger partial charge in [-0.25, -0.2) is 9.78 Å². The van der Waals surface area contributed by atoms with Crippen LogP contribution in [0.15, 0.2) is 12.1 Å². The largest absolute Gasteiger partial charge is 0.464 e. The molecule has 1 heterocycles. The quantitative estimate of drug-likeness (QED) is 0.779. The number of nitrogen functional groups attached to an aromatic ring is 1. The molecule has 0 saturated heterocycles. The summed E-state index contributed by atoms with van der Waals surface area (Å²) in [6.45, 7) is 2.90. The maximum Gasteiger partial charge on any atom is 0.356 e. The van der Waals surface area contributed by atoms with Crippen LogP contribution in [-0.2, 0) is 4.74 Å². The van der Waals surface area contributed by atoms with Crippen LogP contribution in [0.3, 0.4) is 0 Å². The van der Waals surface area contributed by atoms with Crippen LogP contribution >= 0.6 is 0 Å². The van der Waals surface area contributed by atoms with E-state index >= 15 is 0 Å². The monoisotopic (exact) mass is 223 g/mol. The van der Waals surface area contributed by atoms with Crippen LogP contribution in [0.25, 0.3) is 0 Å². The molecule has 88 valence electrons. The van der Waals surface area contributed by atoms with Gasteiger partial charge in [0.1, 0.15) is 0 Å². The van der Waals surface area contributed by atoms with Gasteiger partial charge in [0.25, 0.3) is 0 Å². The molecule has 0 amide bonds. The highest BCUT2D eigenvalue weighted by atomic mass is 16.5. The van der Waals surface area contributed by atoms with E-state index in [0.717, 1.165) is 13.0 Å². The number of anilines is 2. The van der Waals surface area contributed by atoms with Gasteiger partial charge in [0.2, 0.25) is 0 Å². The number of esters is 1. The third kappa shape index (κ3) is 2.62. The van der Waals surface area contributed by atoms with E-state index in [4.69, 9.17) is 5.73 Å². The second-order valence-corrected chi connectivity index (χ2v) is 3.52. The molecule has 0 fully saturated rings. The summed E-state index contributed by atoms with van der Waals surface area (Å²) in [4.78, 5) is 17.4. The Bertz CT molecular complexity index is 379. The van der Waals surface area contributed by atoms with Gasteiger partial charge in [0.05, 0.1) is 12.8 Å². The number of pyridine rings is 1. The predicted octanol–water partition coefficient (Wildman–Crippen LogP) is 1.30. The summed E-state index contributed by atoms with van der Waals surface area (Å²) >= 11 is 0. The molecule has 2 N–H and O–H groups in total. The zero-order valence-corrected chi connectivity index (χ0v) is 9.86. The number of nitrogens with two attached hydrogens (primary N) is 1. The van der Waals surface area contributed by atoms with Gasteiger partial charge in [0.15, 0.2) is 11.5 Å². The fourth-order valence-corrected chi connectivity index (χ4v) is 1.42. The Morgan fingerprint density at radius 1 is 1.56 bits per heavy atom. The molecule has 1 aromatic rings. The smallest absolute Gasteiger partial charge is 0.356 e. The van der Waals surface area contributed by atoms with E-state index in [2.05, 4.69) is 16.6 Å². The van der Waals surface area contributed by atoms with Crippen LogP contribution in [-0.4, -0.2) is 31.7 Å². The zero-order valence-electron chi connectivity index (χ0n) is 9.86. The third-order valence-electron chi connectivity index (χ3n) is 2.22. The summed E-state index contributed by atoms with van der Waals surface area (Å²) in [6.07, 6.45) is 0.986. The minimum Gasteiger partial charge on any atom is -0.464 e. The molecule has 5 heteroatoms. The standard InChI is InChI=1S/C11H17N3O2/c1-4-7-14(2)10-8(12)5-6-9(13-10)11(15)16-3/h5-6H,4,7,12H2,1-3H3. The molecule has 0 unspecified atom stereocenters. The lowest BCUT2D eigenvalue weighted by molar-refractivity contribution is 0.0594. The summed E-state index contributed by atoms with van der Waals surface area (Å²) < 4.78 is 4.61. The molecule has 0 bridgehead atoms. The third-order valence-corrected chi connectivity index (χ3v) is 2.22. The van der Waals surface area contributed by atoms with Gasteiger partial charge in [0, 0.05) is 13.6 Å². The second-order valence-electron chi connectivity index (χ2n) is 3.52. The van der Waals surface area contributed by atoms with Crippen LogP contribution in [0.5, 0.6) is 0 Å². The average Bonchev–Trinajstić information content (AvgIpc) is 2.29. The van der Waals surface area contributed by atoms with Crippen molar-refractivity contribution in [3.63, 3.8) is 0 Å². The first-order chi connectivity index (χ1) is 7.60. The fraction of sp³-hybridized carbons (Fsp3) is 0.455. The molecular formula is C11H17N3O2. The lowest BCUT2D eigenvalue weighted by Crippen LogP contribution is -2.21. The number of carbonyl (C=O) groups excluding carboxylic acids is 1. The van der Waals surface area contributed by atoms with Crippen LogP contribution in [0, 0.1) is 0 Å². The Hall–Kier alpha value is -1.78. The van der Waals surface area contributed by atoms with Gasteiger partial charge in [-0.05, 0) is 18.6 Å². The number of rotatable bonds is 4. The van der Waals surface area contributed by atoms with Gasteiger partial charge in [-0.2, -0.15) is 0 Å². The number of hydrogen-bond donors (Lipinski definition) is 1. The Labute approximate surface area is 95.2 Å². The molecule has 16 heavy (non-hydrogen) atoms.